The molecule has 2 aromatic rings. The van der Waals surface area contributed by atoms with Crippen LogP contribution >= 0.6 is 15.9 Å². The average Bonchev–Trinajstić information content (AvgIpc) is 2.40. The van der Waals surface area contributed by atoms with Gasteiger partial charge in [0, 0.05) is 5.56 Å². The SMILES string of the molecule is C[C@@H](O)c1ccc(Oc2ccccc2C(C)(C)C)c(Br)c1. The summed E-state index contributed by atoms with van der Waals surface area (Å²) in [6.07, 6.45) is -0.489. The maximum atomic E-state index is 9.62. The minimum Gasteiger partial charge on any atom is -0.456 e. The Bertz CT molecular complexity index is 627. The van der Waals surface area contributed by atoms with Crippen LogP contribution in [0.1, 0.15) is 44.9 Å². The molecule has 0 unspecified atom stereocenters. The lowest BCUT2D eigenvalue weighted by Crippen LogP contribution is -2.12. The molecule has 2 aromatic carbocycles. The zero-order valence-electron chi connectivity index (χ0n) is 12.9. The van der Waals surface area contributed by atoms with Gasteiger partial charge in [-0.25, -0.2) is 0 Å². The molecule has 0 bridgehead atoms. The fraction of sp³-hybridized carbons (Fsp3) is 0.333. The van der Waals surface area contributed by atoms with Crippen LogP contribution in [0.4, 0.5) is 0 Å². The highest BCUT2D eigenvalue weighted by atomic mass is 79.9. The van der Waals surface area contributed by atoms with Crippen LogP contribution in [0.3, 0.4) is 0 Å². The van der Waals surface area contributed by atoms with Crippen LogP contribution in [-0.2, 0) is 5.41 Å². The van der Waals surface area contributed by atoms with E-state index in [1.807, 2.05) is 36.4 Å². The monoisotopic (exact) mass is 348 g/mol. The molecule has 0 spiro atoms. The minimum atomic E-state index is -0.489. The van der Waals surface area contributed by atoms with Gasteiger partial charge in [-0.3, -0.25) is 0 Å². The van der Waals surface area contributed by atoms with Gasteiger partial charge in [0.15, 0.2) is 0 Å². The van der Waals surface area contributed by atoms with Crippen LogP contribution in [0.25, 0.3) is 0 Å². The molecule has 2 nitrogen and oxygen atoms in total. The van der Waals surface area contributed by atoms with E-state index in [1.54, 1.807) is 6.92 Å². The first-order valence-electron chi connectivity index (χ1n) is 7.04. The molecule has 0 aromatic heterocycles. The zero-order chi connectivity index (χ0) is 15.6. The van der Waals surface area contributed by atoms with Gasteiger partial charge in [0.1, 0.15) is 11.5 Å². The summed E-state index contributed by atoms with van der Waals surface area (Å²) in [5.41, 5.74) is 2.04. The minimum absolute atomic E-state index is 0.0165. The van der Waals surface area contributed by atoms with Gasteiger partial charge in [-0.05, 0) is 52.0 Å². The van der Waals surface area contributed by atoms with Gasteiger partial charge in [0.05, 0.1) is 10.6 Å². The summed E-state index contributed by atoms with van der Waals surface area (Å²) in [6, 6.07) is 13.7. The van der Waals surface area contributed by atoms with Crippen molar-refractivity contribution in [2.24, 2.45) is 0 Å². The molecule has 0 radical (unpaired) electrons. The molecule has 0 amide bonds. The number of hydrogen-bond donors (Lipinski definition) is 1. The highest BCUT2D eigenvalue weighted by Gasteiger charge is 2.19. The third-order valence-electron chi connectivity index (χ3n) is 3.35. The summed E-state index contributed by atoms with van der Waals surface area (Å²) in [7, 11) is 0. The molecule has 2 rings (SSSR count). The fourth-order valence-electron chi connectivity index (χ4n) is 2.15. The van der Waals surface area contributed by atoms with Gasteiger partial charge in [-0.2, -0.15) is 0 Å². The Morgan fingerprint density at radius 2 is 1.71 bits per heavy atom. The van der Waals surface area contributed by atoms with E-state index in [4.69, 9.17) is 4.74 Å². The molecule has 0 aliphatic heterocycles. The number of halogens is 1. The third kappa shape index (κ3) is 3.86. The van der Waals surface area contributed by atoms with Crippen molar-refractivity contribution in [3.05, 3.63) is 58.1 Å². The van der Waals surface area contributed by atoms with Gasteiger partial charge < -0.3 is 9.84 Å². The van der Waals surface area contributed by atoms with Crippen molar-refractivity contribution >= 4 is 15.9 Å². The normalized spacial score (nSPS) is 13.0. The molecule has 0 fully saturated rings. The molecule has 0 saturated heterocycles. The van der Waals surface area contributed by atoms with E-state index in [2.05, 4.69) is 42.8 Å². The molecule has 3 heteroatoms. The van der Waals surface area contributed by atoms with E-state index in [0.29, 0.717) is 0 Å². The predicted octanol–water partition coefficient (Wildman–Crippen LogP) is 5.59. The van der Waals surface area contributed by atoms with E-state index in [-0.39, 0.29) is 5.41 Å². The summed E-state index contributed by atoms with van der Waals surface area (Å²) < 4.78 is 6.91. The molecule has 112 valence electrons. The molecule has 0 heterocycles. The second-order valence-electron chi connectivity index (χ2n) is 6.21. The highest BCUT2D eigenvalue weighted by Crippen LogP contribution is 2.37. The van der Waals surface area contributed by atoms with Crippen LogP contribution in [0, 0.1) is 0 Å². The number of benzene rings is 2. The fourth-order valence-corrected chi connectivity index (χ4v) is 2.63. The topological polar surface area (TPSA) is 29.5 Å². The number of aliphatic hydroxyl groups excluding tert-OH is 1. The maximum absolute atomic E-state index is 9.62. The quantitative estimate of drug-likeness (QED) is 0.782. The van der Waals surface area contributed by atoms with Crippen LogP contribution in [0.2, 0.25) is 0 Å². The predicted molar refractivity (Wildman–Crippen MR) is 90.0 cm³/mol. The maximum Gasteiger partial charge on any atom is 0.141 e. The number of hydrogen-bond acceptors (Lipinski definition) is 2. The highest BCUT2D eigenvalue weighted by molar-refractivity contribution is 9.10. The molecule has 0 saturated carbocycles. The van der Waals surface area contributed by atoms with Crippen molar-refractivity contribution in [1.29, 1.82) is 0 Å². The molecular formula is C18H21BrO2. The first kappa shape index (κ1) is 16.1. The lowest BCUT2D eigenvalue weighted by molar-refractivity contribution is 0.199. The van der Waals surface area contributed by atoms with Crippen LogP contribution < -0.4 is 4.74 Å². The Hall–Kier alpha value is -1.32. The standard InChI is InChI=1S/C18H21BrO2/c1-12(20)13-9-10-17(15(19)11-13)21-16-8-6-5-7-14(16)18(2,3)4/h5-12,20H,1-4H3/t12-/m1/s1. The van der Waals surface area contributed by atoms with E-state index < -0.39 is 6.10 Å². The zero-order valence-corrected chi connectivity index (χ0v) is 14.4. The Morgan fingerprint density at radius 1 is 1.05 bits per heavy atom. The van der Waals surface area contributed by atoms with E-state index in [0.717, 1.165) is 27.1 Å². The Morgan fingerprint density at radius 3 is 2.29 bits per heavy atom. The van der Waals surface area contributed by atoms with Crippen LogP contribution in [0.5, 0.6) is 11.5 Å². The Balaban J connectivity index is 2.35. The first-order chi connectivity index (χ1) is 9.79. The van der Waals surface area contributed by atoms with Crippen LogP contribution in [0.15, 0.2) is 46.9 Å². The number of rotatable bonds is 3. The van der Waals surface area contributed by atoms with E-state index in [9.17, 15) is 5.11 Å². The van der Waals surface area contributed by atoms with Crippen molar-refractivity contribution < 1.29 is 9.84 Å². The second kappa shape index (κ2) is 6.20. The summed E-state index contributed by atoms with van der Waals surface area (Å²) in [6.45, 7) is 8.25. The van der Waals surface area contributed by atoms with Gasteiger partial charge in [-0.1, -0.05) is 45.0 Å². The van der Waals surface area contributed by atoms with Gasteiger partial charge in [0.25, 0.3) is 0 Å². The Kier molecular flexibility index (Phi) is 4.74. The molecule has 1 N–H and O–H groups in total. The molecule has 21 heavy (non-hydrogen) atoms. The number of ether oxygens (including phenoxy) is 1. The molecular weight excluding hydrogens is 328 g/mol. The van der Waals surface area contributed by atoms with Gasteiger partial charge in [0.2, 0.25) is 0 Å². The van der Waals surface area contributed by atoms with Gasteiger partial charge in [-0.15, -0.1) is 0 Å². The summed E-state index contributed by atoms with van der Waals surface area (Å²) in [5.74, 6) is 1.60. The number of aliphatic hydroxyl groups is 1. The lowest BCUT2D eigenvalue weighted by Gasteiger charge is -2.23. The third-order valence-corrected chi connectivity index (χ3v) is 3.97. The largest absolute Gasteiger partial charge is 0.456 e. The first-order valence-corrected chi connectivity index (χ1v) is 7.83. The van der Waals surface area contributed by atoms with Crippen molar-refractivity contribution in [2.45, 2.75) is 39.2 Å². The smallest absolute Gasteiger partial charge is 0.141 e. The van der Waals surface area contributed by atoms with Crippen molar-refractivity contribution in [1.82, 2.24) is 0 Å². The van der Waals surface area contributed by atoms with E-state index in [1.165, 1.54) is 0 Å². The molecule has 1 atom stereocenters. The molecule has 0 aliphatic carbocycles. The van der Waals surface area contributed by atoms with Crippen molar-refractivity contribution in [2.75, 3.05) is 0 Å². The second-order valence-corrected chi connectivity index (χ2v) is 7.07. The van der Waals surface area contributed by atoms with Crippen molar-refractivity contribution in [3.8, 4) is 11.5 Å². The number of para-hydroxylation sites is 1. The van der Waals surface area contributed by atoms with Gasteiger partial charge >= 0.3 is 0 Å². The average molecular weight is 349 g/mol. The van der Waals surface area contributed by atoms with Crippen molar-refractivity contribution in [3.63, 3.8) is 0 Å². The Labute approximate surface area is 134 Å². The molecule has 0 aliphatic rings. The summed E-state index contributed by atoms with van der Waals surface area (Å²) in [4.78, 5) is 0. The lowest BCUT2D eigenvalue weighted by atomic mass is 9.86. The summed E-state index contributed by atoms with van der Waals surface area (Å²) >= 11 is 3.51. The van der Waals surface area contributed by atoms with Crippen LogP contribution in [-0.4, -0.2) is 5.11 Å². The van der Waals surface area contributed by atoms with E-state index >= 15 is 0 Å². The summed E-state index contributed by atoms with van der Waals surface area (Å²) in [5, 5.41) is 9.62.